The summed E-state index contributed by atoms with van der Waals surface area (Å²) in [7, 11) is 0. The molecule has 1 aliphatic heterocycles. The molecule has 0 saturated heterocycles. The second kappa shape index (κ2) is 3.09. The molecule has 0 unspecified atom stereocenters. The summed E-state index contributed by atoms with van der Waals surface area (Å²) < 4.78 is 25.2. The average Bonchev–Trinajstić information content (AvgIpc) is 2.57. The van der Waals surface area contributed by atoms with Gasteiger partial charge < -0.3 is 5.11 Å². The molecular weight excluding hydrogens is 190 g/mol. The molecule has 3 nitrogen and oxygen atoms in total. The van der Waals surface area contributed by atoms with Gasteiger partial charge in [0, 0.05) is 0 Å². The molecule has 74 valence electrons. The summed E-state index contributed by atoms with van der Waals surface area (Å²) in [6, 6.07) is 6.57. The van der Waals surface area contributed by atoms with Gasteiger partial charge in [-0.15, -0.1) is 0 Å². The average molecular weight is 198 g/mol. The number of alkyl halides is 2. The van der Waals surface area contributed by atoms with E-state index in [2.05, 4.69) is 9.98 Å². The maximum absolute atomic E-state index is 12.6. The molecular formula is C9H8F2N2O. The summed E-state index contributed by atoms with van der Waals surface area (Å²) in [6.07, 6.45) is -2.79. The molecule has 2 rings (SSSR count). The number of halogens is 2. The Morgan fingerprint density at radius 3 is 2.07 bits per heavy atom. The van der Waals surface area contributed by atoms with Crippen molar-refractivity contribution in [2.75, 3.05) is 6.61 Å². The maximum atomic E-state index is 12.6. The Bertz CT molecular complexity index is 423. The van der Waals surface area contributed by atoms with Gasteiger partial charge in [0.15, 0.2) is 0 Å². The van der Waals surface area contributed by atoms with E-state index in [0.29, 0.717) is 10.7 Å². The molecule has 1 aromatic rings. The molecule has 1 N–H and O–H groups in total. The smallest absolute Gasteiger partial charge is 0.285 e. The van der Waals surface area contributed by atoms with Crippen LogP contribution < -0.4 is 10.7 Å². The van der Waals surface area contributed by atoms with Gasteiger partial charge in [-0.3, -0.25) is 0 Å². The summed E-state index contributed by atoms with van der Waals surface area (Å²) in [6.45, 7) is -0.778. The predicted molar refractivity (Wildman–Crippen MR) is 44.6 cm³/mol. The Morgan fingerprint density at radius 1 is 1.21 bits per heavy atom. The Hall–Kier alpha value is -1.36. The third kappa shape index (κ3) is 1.21. The van der Waals surface area contributed by atoms with Crippen LogP contribution in [-0.2, 0) is 0 Å². The minimum Gasteiger partial charge on any atom is -0.392 e. The minimum absolute atomic E-state index is 0.404. The van der Waals surface area contributed by atoms with Crippen molar-refractivity contribution in [3.05, 3.63) is 35.0 Å². The van der Waals surface area contributed by atoms with Gasteiger partial charge in [0.05, 0.1) is 17.3 Å². The van der Waals surface area contributed by atoms with Crippen LogP contribution in [0.2, 0.25) is 0 Å². The Labute approximate surface area is 78.4 Å². The third-order valence-corrected chi connectivity index (χ3v) is 2.09. The first-order valence-electron chi connectivity index (χ1n) is 4.12. The number of aliphatic hydroxyl groups excluding tert-OH is 1. The van der Waals surface area contributed by atoms with E-state index in [1.807, 2.05) is 0 Å². The molecule has 1 aromatic carbocycles. The van der Waals surface area contributed by atoms with E-state index < -0.39 is 18.7 Å². The second-order valence-corrected chi connectivity index (χ2v) is 3.05. The lowest BCUT2D eigenvalue weighted by Crippen LogP contribution is -2.36. The lowest BCUT2D eigenvalue weighted by molar-refractivity contribution is 0.0235. The molecule has 1 aliphatic rings. The Balaban J connectivity index is 2.62. The van der Waals surface area contributed by atoms with E-state index in [9.17, 15) is 8.78 Å². The van der Waals surface area contributed by atoms with Crippen LogP contribution in [-0.4, -0.2) is 23.8 Å². The van der Waals surface area contributed by atoms with Crippen molar-refractivity contribution in [3.8, 4) is 0 Å². The van der Waals surface area contributed by atoms with Crippen LogP contribution in [0.5, 0.6) is 0 Å². The van der Waals surface area contributed by atoms with Crippen molar-refractivity contribution in [2.45, 2.75) is 12.1 Å². The van der Waals surface area contributed by atoms with Gasteiger partial charge in [-0.1, -0.05) is 12.1 Å². The summed E-state index contributed by atoms with van der Waals surface area (Å²) in [5, 5.41) is 9.70. The second-order valence-electron chi connectivity index (χ2n) is 3.05. The number of hydrogen-bond donors (Lipinski definition) is 1. The molecule has 0 aromatic heterocycles. The van der Waals surface area contributed by atoms with Crippen molar-refractivity contribution >= 4 is 0 Å². The Kier molecular flexibility index (Phi) is 2.03. The molecule has 1 heterocycles. The number of aliphatic hydroxyl groups is 1. The van der Waals surface area contributed by atoms with E-state index in [4.69, 9.17) is 5.11 Å². The fraction of sp³-hybridized carbons (Fsp3) is 0.333. The molecule has 14 heavy (non-hydrogen) atoms. The molecule has 0 aliphatic carbocycles. The highest BCUT2D eigenvalue weighted by Crippen LogP contribution is 2.22. The molecule has 5 heteroatoms. The van der Waals surface area contributed by atoms with E-state index in [0.717, 1.165) is 0 Å². The van der Waals surface area contributed by atoms with Gasteiger partial charge in [-0.25, -0.2) is 18.8 Å². The van der Waals surface area contributed by atoms with Gasteiger partial charge in [0.25, 0.3) is 6.43 Å². The topological polar surface area (TPSA) is 45.0 Å². The Morgan fingerprint density at radius 2 is 1.71 bits per heavy atom. The molecule has 0 fully saturated rings. The van der Waals surface area contributed by atoms with Crippen molar-refractivity contribution in [1.82, 2.24) is 0 Å². The molecule has 0 saturated carbocycles. The van der Waals surface area contributed by atoms with Crippen LogP contribution in [0.15, 0.2) is 34.3 Å². The first kappa shape index (κ1) is 9.21. The van der Waals surface area contributed by atoms with Crippen molar-refractivity contribution in [1.29, 1.82) is 0 Å². The van der Waals surface area contributed by atoms with Gasteiger partial charge in [0.1, 0.15) is 0 Å². The molecule has 0 atom stereocenters. The SMILES string of the molecule is OCC1(C(F)F)N=c2ccccc2=N1. The zero-order valence-corrected chi connectivity index (χ0v) is 7.19. The summed E-state index contributed by atoms with van der Waals surface area (Å²) in [5.41, 5.74) is -1.98. The lowest BCUT2D eigenvalue weighted by Gasteiger charge is -2.18. The first-order valence-corrected chi connectivity index (χ1v) is 4.12. The third-order valence-electron chi connectivity index (χ3n) is 2.09. The highest BCUT2D eigenvalue weighted by atomic mass is 19.3. The standard InChI is InChI=1S/C9H8F2N2O/c10-8(11)9(5-14)12-6-3-1-2-4-7(6)13-9/h1-4,8,14H,5H2. The van der Waals surface area contributed by atoms with Gasteiger partial charge >= 0.3 is 0 Å². The zero-order valence-electron chi connectivity index (χ0n) is 7.19. The number of para-hydroxylation sites is 2. The van der Waals surface area contributed by atoms with E-state index in [1.54, 1.807) is 24.3 Å². The number of benzene rings is 1. The molecule has 0 bridgehead atoms. The van der Waals surface area contributed by atoms with E-state index in [-0.39, 0.29) is 0 Å². The molecule has 0 amide bonds. The predicted octanol–water partition coefficient (Wildman–Crippen LogP) is -0.107. The van der Waals surface area contributed by atoms with Crippen LogP contribution in [0, 0.1) is 0 Å². The zero-order chi connectivity index (χ0) is 10.2. The maximum Gasteiger partial charge on any atom is 0.285 e. The normalized spacial score (nSPS) is 17.4. The largest absolute Gasteiger partial charge is 0.392 e. The summed E-state index contributed by atoms with van der Waals surface area (Å²) >= 11 is 0. The van der Waals surface area contributed by atoms with Gasteiger partial charge in [-0.2, -0.15) is 0 Å². The van der Waals surface area contributed by atoms with Gasteiger partial charge in [-0.05, 0) is 12.1 Å². The summed E-state index contributed by atoms with van der Waals surface area (Å²) in [4.78, 5) is 7.47. The van der Waals surface area contributed by atoms with Crippen LogP contribution in [0.25, 0.3) is 0 Å². The van der Waals surface area contributed by atoms with Crippen molar-refractivity contribution in [3.63, 3.8) is 0 Å². The highest BCUT2D eigenvalue weighted by molar-refractivity contribution is 5.08. The number of nitrogens with zero attached hydrogens (tertiary/aromatic N) is 2. The highest BCUT2D eigenvalue weighted by Gasteiger charge is 2.40. The van der Waals surface area contributed by atoms with Crippen molar-refractivity contribution in [2.24, 2.45) is 9.98 Å². The lowest BCUT2D eigenvalue weighted by atomic mass is 10.2. The first-order chi connectivity index (χ1) is 6.68. The van der Waals surface area contributed by atoms with Crippen molar-refractivity contribution < 1.29 is 13.9 Å². The number of fused-ring (bicyclic) bond motifs is 1. The minimum atomic E-state index is -2.79. The van der Waals surface area contributed by atoms with Gasteiger partial charge in [0.2, 0.25) is 5.66 Å². The fourth-order valence-corrected chi connectivity index (χ4v) is 1.33. The van der Waals surface area contributed by atoms with E-state index >= 15 is 0 Å². The molecule has 0 spiro atoms. The van der Waals surface area contributed by atoms with Crippen LogP contribution in [0.4, 0.5) is 8.78 Å². The number of rotatable bonds is 2. The van der Waals surface area contributed by atoms with Crippen LogP contribution in [0.1, 0.15) is 0 Å². The quantitative estimate of drug-likeness (QED) is 0.708. The monoisotopic (exact) mass is 198 g/mol. The molecule has 0 radical (unpaired) electrons. The summed E-state index contributed by atoms with van der Waals surface area (Å²) in [5.74, 6) is 0. The number of hydrogen-bond acceptors (Lipinski definition) is 3. The van der Waals surface area contributed by atoms with Crippen LogP contribution in [0.3, 0.4) is 0 Å². The van der Waals surface area contributed by atoms with E-state index in [1.165, 1.54) is 0 Å². The van der Waals surface area contributed by atoms with Crippen LogP contribution >= 0.6 is 0 Å². The fourth-order valence-electron chi connectivity index (χ4n) is 1.33.